The topological polar surface area (TPSA) is 114 Å². The normalized spacial score (nSPS) is 23.3. The minimum Gasteiger partial charge on any atom is -0.459 e. The number of aliphatic hydroxyl groups excluding tert-OH is 3. The number of carbonyl (C=O) groups is 2. The highest BCUT2D eigenvalue weighted by molar-refractivity contribution is 6.06. The largest absolute Gasteiger partial charge is 0.459 e. The Kier molecular flexibility index (Phi) is 10.8. The maximum Gasteiger partial charge on any atom is 0.234 e. The Morgan fingerprint density at radius 2 is 1.62 bits per heavy atom. The summed E-state index contributed by atoms with van der Waals surface area (Å²) in [5.74, 6) is -0.961. The van der Waals surface area contributed by atoms with Crippen molar-refractivity contribution in [3.05, 3.63) is 107 Å². The van der Waals surface area contributed by atoms with Gasteiger partial charge in [-0.25, -0.2) is 0 Å². The molecule has 2 fully saturated rings. The van der Waals surface area contributed by atoms with E-state index in [4.69, 9.17) is 4.42 Å². The second kappa shape index (κ2) is 15.2. The number of hydrogen-bond acceptors (Lipinski definition) is 7. The molecule has 0 spiro atoms. The molecule has 3 aromatic rings. The summed E-state index contributed by atoms with van der Waals surface area (Å²) in [5, 5.41) is 32.2. The van der Waals surface area contributed by atoms with Crippen LogP contribution in [0.15, 0.2) is 88.4 Å². The SMILES string of the molecule is CC(C)C1=C([C@H](O)CC/C(=C/c2ccc(CO)o2)c2ccccc2)[C@H](CO)[C@@H]2C(=O)N(C3CCN(Cc4ccccc4)CC3)C(=O)[C@@H]2C1. The van der Waals surface area contributed by atoms with E-state index in [0.29, 0.717) is 30.8 Å². The van der Waals surface area contributed by atoms with Gasteiger partial charge >= 0.3 is 0 Å². The monoisotopic (exact) mass is 652 g/mol. The van der Waals surface area contributed by atoms with Crippen LogP contribution in [0.3, 0.4) is 0 Å². The van der Waals surface area contributed by atoms with E-state index in [2.05, 4.69) is 30.9 Å². The number of imide groups is 1. The van der Waals surface area contributed by atoms with Crippen molar-refractivity contribution >= 4 is 23.5 Å². The smallest absolute Gasteiger partial charge is 0.234 e. The van der Waals surface area contributed by atoms with Gasteiger partial charge in [-0.2, -0.15) is 0 Å². The van der Waals surface area contributed by atoms with Crippen LogP contribution in [0.4, 0.5) is 0 Å². The molecular formula is C40H48N2O6. The Morgan fingerprint density at radius 3 is 2.25 bits per heavy atom. The minimum absolute atomic E-state index is 0.0481. The average Bonchev–Trinajstić information content (AvgIpc) is 3.67. The molecule has 2 amide bonds. The molecule has 3 N–H and O–H groups in total. The predicted molar refractivity (Wildman–Crippen MR) is 185 cm³/mol. The Bertz CT molecular complexity index is 1620. The van der Waals surface area contributed by atoms with Gasteiger partial charge in [0.1, 0.15) is 18.1 Å². The van der Waals surface area contributed by atoms with E-state index in [1.54, 1.807) is 6.07 Å². The second-order valence-corrected chi connectivity index (χ2v) is 13.9. The zero-order valence-electron chi connectivity index (χ0n) is 28.0. The number of rotatable bonds is 12. The van der Waals surface area contributed by atoms with Gasteiger partial charge in [-0.15, -0.1) is 0 Å². The van der Waals surface area contributed by atoms with E-state index in [1.807, 2.05) is 60.7 Å². The van der Waals surface area contributed by atoms with E-state index in [0.717, 1.165) is 54.8 Å². The van der Waals surface area contributed by atoms with Gasteiger partial charge in [0.2, 0.25) is 11.8 Å². The van der Waals surface area contributed by atoms with E-state index >= 15 is 0 Å². The number of amides is 2. The first kappa shape index (κ1) is 34.1. The number of nitrogens with zero attached hydrogens (tertiary/aromatic N) is 2. The molecule has 0 saturated carbocycles. The number of allylic oxidation sites excluding steroid dienone is 2. The molecule has 0 bridgehead atoms. The summed E-state index contributed by atoms with van der Waals surface area (Å²) >= 11 is 0. The van der Waals surface area contributed by atoms with Gasteiger partial charge in [0.25, 0.3) is 0 Å². The van der Waals surface area contributed by atoms with Crippen LogP contribution in [0, 0.1) is 23.7 Å². The summed E-state index contributed by atoms with van der Waals surface area (Å²) in [4.78, 5) is 32.1. The first-order valence-corrected chi connectivity index (χ1v) is 17.4. The van der Waals surface area contributed by atoms with Crippen molar-refractivity contribution in [3.63, 3.8) is 0 Å². The molecule has 4 atom stereocenters. The van der Waals surface area contributed by atoms with Crippen LogP contribution in [0.1, 0.15) is 68.6 Å². The standard InChI is InChI=1S/C40H48N2O6/c1-26(2)33-22-34-38(40(47)42(39(34)46)30-17-19-41(20-18-30)23-27-9-5-3-6-10-27)35(25-44)37(33)36(45)16-13-29(28-11-7-4-8-12-28)21-31-14-15-32(24-43)48-31/h3-12,14-15,21,26,30,34-36,38,43-45H,13,16-20,22-25H2,1-2H3/b29-21-/t34-,35+,36-,38-/m1/s1. The van der Waals surface area contributed by atoms with E-state index in [9.17, 15) is 24.9 Å². The third-order valence-corrected chi connectivity index (χ3v) is 10.6. The molecule has 3 heterocycles. The number of fused-ring (bicyclic) bond motifs is 1. The van der Waals surface area contributed by atoms with Crippen molar-refractivity contribution in [2.24, 2.45) is 23.7 Å². The van der Waals surface area contributed by atoms with Gasteiger partial charge in [0.05, 0.1) is 24.5 Å². The van der Waals surface area contributed by atoms with Crippen LogP contribution in [0.5, 0.6) is 0 Å². The zero-order valence-corrected chi connectivity index (χ0v) is 28.0. The van der Waals surface area contributed by atoms with E-state index in [1.165, 1.54) is 10.5 Å². The predicted octanol–water partition coefficient (Wildman–Crippen LogP) is 5.68. The third-order valence-electron chi connectivity index (χ3n) is 10.6. The van der Waals surface area contributed by atoms with Gasteiger partial charge in [-0.1, -0.05) is 80.1 Å². The number of likely N-dealkylation sites (tertiary alicyclic amines) is 2. The summed E-state index contributed by atoms with van der Waals surface area (Å²) in [6.45, 7) is 6.10. The Hall–Kier alpha value is -3.82. The summed E-state index contributed by atoms with van der Waals surface area (Å²) in [6.07, 6.45) is 3.82. The lowest BCUT2D eigenvalue weighted by Crippen LogP contribution is -2.47. The van der Waals surface area contributed by atoms with Crippen molar-refractivity contribution in [2.45, 2.75) is 71.2 Å². The fourth-order valence-electron chi connectivity index (χ4n) is 8.13. The molecule has 2 aromatic carbocycles. The van der Waals surface area contributed by atoms with Crippen LogP contribution in [-0.2, 0) is 22.7 Å². The number of furan rings is 1. The van der Waals surface area contributed by atoms with Gasteiger partial charge in [0, 0.05) is 31.6 Å². The summed E-state index contributed by atoms with van der Waals surface area (Å²) in [6, 6.07) is 23.7. The van der Waals surface area contributed by atoms with Crippen molar-refractivity contribution in [1.29, 1.82) is 0 Å². The molecule has 6 rings (SSSR count). The van der Waals surface area contributed by atoms with Crippen LogP contribution in [0.25, 0.3) is 11.6 Å². The third kappa shape index (κ3) is 7.13. The lowest BCUT2D eigenvalue weighted by molar-refractivity contribution is -0.144. The summed E-state index contributed by atoms with van der Waals surface area (Å²) < 4.78 is 5.74. The van der Waals surface area contributed by atoms with Gasteiger partial charge in [-0.05, 0) is 78.5 Å². The first-order chi connectivity index (χ1) is 23.3. The van der Waals surface area contributed by atoms with Crippen LogP contribution >= 0.6 is 0 Å². The molecule has 8 nitrogen and oxygen atoms in total. The molecule has 3 aliphatic rings. The van der Waals surface area contributed by atoms with Crippen molar-refractivity contribution in [2.75, 3.05) is 19.7 Å². The molecule has 0 radical (unpaired) electrons. The van der Waals surface area contributed by atoms with Crippen molar-refractivity contribution in [1.82, 2.24) is 9.80 Å². The second-order valence-electron chi connectivity index (χ2n) is 13.9. The Morgan fingerprint density at radius 1 is 0.938 bits per heavy atom. The number of benzene rings is 2. The van der Waals surface area contributed by atoms with E-state index < -0.39 is 23.9 Å². The van der Waals surface area contributed by atoms with Crippen LogP contribution in [0.2, 0.25) is 0 Å². The molecule has 254 valence electrons. The highest BCUT2D eigenvalue weighted by Gasteiger charge is 2.56. The highest BCUT2D eigenvalue weighted by atomic mass is 16.4. The van der Waals surface area contributed by atoms with Crippen molar-refractivity contribution in [3.8, 4) is 0 Å². The lowest BCUT2D eigenvalue weighted by Gasteiger charge is -2.38. The number of carbonyl (C=O) groups excluding carboxylic acids is 2. The fourth-order valence-corrected chi connectivity index (χ4v) is 8.13. The molecule has 2 aliphatic heterocycles. The number of hydrogen-bond donors (Lipinski definition) is 3. The number of aliphatic hydroxyl groups is 3. The molecule has 8 heteroatoms. The van der Waals surface area contributed by atoms with Crippen molar-refractivity contribution < 1.29 is 29.3 Å². The molecule has 2 saturated heterocycles. The molecular weight excluding hydrogens is 604 g/mol. The average molecular weight is 653 g/mol. The van der Waals surface area contributed by atoms with Gasteiger partial charge in [-0.3, -0.25) is 19.4 Å². The highest BCUT2D eigenvalue weighted by Crippen LogP contribution is 2.49. The summed E-state index contributed by atoms with van der Waals surface area (Å²) in [7, 11) is 0. The maximum atomic E-state index is 14.2. The zero-order chi connectivity index (χ0) is 33.8. The van der Waals surface area contributed by atoms with Crippen LogP contribution in [-0.4, -0.2) is 68.8 Å². The lowest BCUT2D eigenvalue weighted by atomic mass is 9.66. The minimum atomic E-state index is -0.893. The Balaban J connectivity index is 1.19. The fraction of sp³-hybridized carbons (Fsp3) is 0.450. The van der Waals surface area contributed by atoms with Crippen LogP contribution < -0.4 is 0 Å². The van der Waals surface area contributed by atoms with Gasteiger partial charge < -0.3 is 19.7 Å². The Labute approximate surface area is 283 Å². The van der Waals surface area contributed by atoms with E-state index in [-0.39, 0.29) is 37.0 Å². The maximum absolute atomic E-state index is 14.2. The molecule has 1 aromatic heterocycles. The number of piperidine rings is 1. The molecule has 48 heavy (non-hydrogen) atoms. The quantitative estimate of drug-likeness (QED) is 0.170. The summed E-state index contributed by atoms with van der Waals surface area (Å²) in [5.41, 5.74) is 4.91. The first-order valence-electron chi connectivity index (χ1n) is 17.4. The molecule has 1 aliphatic carbocycles. The molecule has 0 unspecified atom stereocenters. The van der Waals surface area contributed by atoms with Gasteiger partial charge in [0.15, 0.2) is 0 Å².